The molecule has 6 nitrogen and oxygen atoms in total. The molecule has 0 atom stereocenters. The summed E-state index contributed by atoms with van der Waals surface area (Å²) in [7, 11) is 0. The van der Waals surface area contributed by atoms with E-state index in [4.69, 9.17) is 4.74 Å². The molecule has 0 amide bonds. The molecule has 0 radical (unpaired) electrons. The molecule has 0 saturated carbocycles. The van der Waals surface area contributed by atoms with Crippen molar-refractivity contribution in [3.63, 3.8) is 0 Å². The number of nitro benzene ring substituents is 1. The molecule has 150 valence electrons. The minimum atomic E-state index is -0.653. The van der Waals surface area contributed by atoms with Crippen molar-refractivity contribution >= 4 is 17.3 Å². The zero-order chi connectivity index (χ0) is 21.6. The van der Waals surface area contributed by atoms with E-state index >= 15 is 0 Å². The molecule has 0 fully saturated rings. The van der Waals surface area contributed by atoms with E-state index in [0.29, 0.717) is 5.75 Å². The molecule has 3 aromatic rings. The molecule has 1 aliphatic carbocycles. The third kappa shape index (κ3) is 3.16. The standard InChI is InChI=1S/C24H19NO5/c1-24(2,3)14-8-10-15(11-9-14)30-19-13-12-18(25(28)29)20-21(19)23(27)17-7-5-4-6-16(17)22(20)26/h4-13H,1-3H3. The first-order chi connectivity index (χ1) is 14.2. The third-order valence-corrected chi connectivity index (χ3v) is 5.16. The lowest BCUT2D eigenvalue weighted by atomic mass is 9.82. The Kier molecular flexibility index (Phi) is 4.50. The summed E-state index contributed by atoms with van der Waals surface area (Å²) in [4.78, 5) is 37.1. The second-order valence-electron chi connectivity index (χ2n) is 8.17. The molecule has 0 heterocycles. The summed E-state index contributed by atoms with van der Waals surface area (Å²) in [6.07, 6.45) is 0. The van der Waals surface area contributed by atoms with Gasteiger partial charge in [-0.05, 0) is 29.2 Å². The largest absolute Gasteiger partial charge is 0.457 e. The van der Waals surface area contributed by atoms with Gasteiger partial charge in [0.15, 0.2) is 5.78 Å². The van der Waals surface area contributed by atoms with Crippen LogP contribution in [0.3, 0.4) is 0 Å². The number of hydrogen-bond donors (Lipinski definition) is 0. The lowest BCUT2D eigenvalue weighted by molar-refractivity contribution is -0.385. The number of benzene rings is 3. The van der Waals surface area contributed by atoms with Crippen molar-refractivity contribution in [1.29, 1.82) is 0 Å². The average molecular weight is 401 g/mol. The SMILES string of the molecule is CC(C)(C)c1ccc(Oc2ccc([N+](=O)[O-])c3c2C(=O)c2ccccc2C3=O)cc1. The Labute approximate surface area is 173 Å². The van der Waals surface area contributed by atoms with Gasteiger partial charge < -0.3 is 4.74 Å². The van der Waals surface area contributed by atoms with Crippen LogP contribution >= 0.6 is 0 Å². The smallest absolute Gasteiger partial charge is 0.281 e. The maximum atomic E-state index is 13.2. The Morgan fingerprint density at radius 2 is 1.37 bits per heavy atom. The number of ether oxygens (including phenoxy) is 1. The van der Waals surface area contributed by atoms with Crippen LogP contribution in [-0.2, 0) is 5.41 Å². The molecule has 0 bridgehead atoms. The third-order valence-electron chi connectivity index (χ3n) is 5.16. The first kappa shape index (κ1) is 19.5. The number of nitrogens with zero attached hydrogens (tertiary/aromatic N) is 1. The summed E-state index contributed by atoms with van der Waals surface area (Å²) in [5.74, 6) is -0.434. The highest BCUT2D eigenvalue weighted by Gasteiger charge is 2.38. The number of hydrogen-bond acceptors (Lipinski definition) is 5. The summed E-state index contributed by atoms with van der Waals surface area (Å²) in [5.41, 5.74) is 0.736. The Hall–Kier alpha value is -3.80. The van der Waals surface area contributed by atoms with Gasteiger partial charge >= 0.3 is 0 Å². The van der Waals surface area contributed by atoms with Gasteiger partial charge in [0.25, 0.3) is 5.69 Å². The zero-order valence-corrected chi connectivity index (χ0v) is 16.8. The molecule has 0 aromatic heterocycles. The van der Waals surface area contributed by atoms with Gasteiger partial charge in [0, 0.05) is 17.2 Å². The van der Waals surface area contributed by atoms with E-state index in [1.807, 2.05) is 12.1 Å². The molecule has 0 aliphatic heterocycles. The second kappa shape index (κ2) is 6.91. The van der Waals surface area contributed by atoms with Crippen molar-refractivity contribution < 1.29 is 19.2 Å². The Balaban J connectivity index is 1.84. The van der Waals surface area contributed by atoms with E-state index in [1.54, 1.807) is 30.3 Å². The maximum Gasteiger partial charge on any atom is 0.281 e. The molecule has 1 aliphatic rings. The second-order valence-corrected chi connectivity index (χ2v) is 8.17. The van der Waals surface area contributed by atoms with Gasteiger partial charge in [0.05, 0.1) is 10.5 Å². The van der Waals surface area contributed by atoms with Gasteiger partial charge in [-0.2, -0.15) is 0 Å². The van der Waals surface area contributed by atoms with Crippen LogP contribution in [0.15, 0.2) is 60.7 Å². The van der Waals surface area contributed by atoms with Gasteiger partial charge in [0.2, 0.25) is 5.78 Å². The summed E-state index contributed by atoms with van der Waals surface area (Å²) in [6, 6.07) is 16.3. The predicted molar refractivity (Wildman–Crippen MR) is 112 cm³/mol. The highest BCUT2D eigenvalue weighted by molar-refractivity contribution is 6.30. The first-order valence-electron chi connectivity index (χ1n) is 9.46. The lowest BCUT2D eigenvalue weighted by Gasteiger charge is -2.21. The van der Waals surface area contributed by atoms with Crippen LogP contribution in [0.4, 0.5) is 5.69 Å². The topological polar surface area (TPSA) is 86.5 Å². The molecule has 6 heteroatoms. The van der Waals surface area contributed by atoms with Crippen molar-refractivity contribution in [2.75, 3.05) is 0 Å². The summed E-state index contributed by atoms with van der Waals surface area (Å²) in [5, 5.41) is 11.5. The quantitative estimate of drug-likeness (QED) is 0.336. The highest BCUT2D eigenvalue weighted by Crippen LogP contribution is 2.40. The van der Waals surface area contributed by atoms with E-state index in [2.05, 4.69) is 20.8 Å². The number of fused-ring (bicyclic) bond motifs is 2. The van der Waals surface area contributed by atoms with Crippen molar-refractivity contribution in [2.24, 2.45) is 0 Å². The van der Waals surface area contributed by atoms with Gasteiger partial charge in [-0.1, -0.05) is 57.2 Å². The predicted octanol–water partition coefficient (Wildman–Crippen LogP) is 5.46. The lowest BCUT2D eigenvalue weighted by Crippen LogP contribution is -2.22. The van der Waals surface area contributed by atoms with Crippen LogP contribution < -0.4 is 4.74 Å². The van der Waals surface area contributed by atoms with E-state index in [9.17, 15) is 19.7 Å². The van der Waals surface area contributed by atoms with Crippen LogP contribution in [0.5, 0.6) is 11.5 Å². The molecule has 0 saturated heterocycles. The van der Waals surface area contributed by atoms with Gasteiger partial charge in [-0.25, -0.2) is 0 Å². The van der Waals surface area contributed by atoms with Gasteiger partial charge in [-0.3, -0.25) is 19.7 Å². The molecular formula is C24H19NO5. The minimum absolute atomic E-state index is 0.0306. The molecule has 0 unspecified atom stereocenters. The molecule has 4 rings (SSSR count). The highest BCUT2D eigenvalue weighted by atomic mass is 16.6. The minimum Gasteiger partial charge on any atom is -0.457 e. The summed E-state index contributed by atoms with van der Waals surface area (Å²) < 4.78 is 5.92. The Morgan fingerprint density at radius 1 is 0.800 bits per heavy atom. The van der Waals surface area contributed by atoms with Crippen molar-refractivity contribution in [2.45, 2.75) is 26.2 Å². The van der Waals surface area contributed by atoms with E-state index in [0.717, 1.165) is 5.56 Å². The maximum absolute atomic E-state index is 13.2. The van der Waals surface area contributed by atoms with Gasteiger partial charge in [-0.15, -0.1) is 0 Å². The fraction of sp³-hybridized carbons (Fsp3) is 0.167. The average Bonchev–Trinajstić information content (AvgIpc) is 2.71. The Bertz CT molecular complexity index is 1200. The van der Waals surface area contributed by atoms with Crippen LogP contribution in [0.1, 0.15) is 58.2 Å². The summed E-state index contributed by atoms with van der Waals surface area (Å²) in [6.45, 7) is 6.28. The molecule has 0 N–H and O–H groups in total. The number of ketones is 2. The Morgan fingerprint density at radius 3 is 1.90 bits per heavy atom. The summed E-state index contributed by atoms with van der Waals surface area (Å²) >= 11 is 0. The molecule has 30 heavy (non-hydrogen) atoms. The normalized spacial score (nSPS) is 12.9. The fourth-order valence-corrected chi connectivity index (χ4v) is 3.56. The van der Waals surface area contributed by atoms with Gasteiger partial charge in [0.1, 0.15) is 17.1 Å². The number of carbonyl (C=O) groups excluding carboxylic acids is 2. The van der Waals surface area contributed by atoms with E-state index in [-0.39, 0.29) is 33.4 Å². The van der Waals surface area contributed by atoms with E-state index < -0.39 is 22.2 Å². The van der Waals surface area contributed by atoms with E-state index in [1.165, 1.54) is 18.2 Å². The zero-order valence-electron chi connectivity index (χ0n) is 16.8. The monoisotopic (exact) mass is 401 g/mol. The molecule has 3 aromatic carbocycles. The number of nitro groups is 1. The van der Waals surface area contributed by atoms with Crippen LogP contribution in [-0.4, -0.2) is 16.5 Å². The van der Waals surface area contributed by atoms with Crippen LogP contribution in [0, 0.1) is 10.1 Å². The molecular weight excluding hydrogens is 382 g/mol. The van der Waals surface area contributed by atoms with Crippen molar-refractivity contribution in [3.05, 3.63) is 98.6 Å². The number of rotatable bonds is 3. The van der Waals surface area contributed by atoms with Crippen LogP contribution in [0.2, 0.25) is 0 Å². The van der Waals surface area contributed by atoms with Crippen molar-refractivity contribution in [3.8, 4) is 11.5 Å². The van der Waals surface area contributed by atoms with Crippen LogP contribution in [0.25, 0.3) is 0 Å². The molecule has 0 spiro atoms. The van der Waals surface area contributed by atoms with Crippen molar-refractivity contribution in [1.82, 2.24) is 0 Å². The first-order valence-corrected chi connectivity index (χ1v) is 9.46. The fourth-order valence-electron chi connectivity index (χ4n) is 3.56. The number of carbonyl (C=O) groups is 2.